The molecule has 0 spiro atoms. The van der Waals surface area contributed by atoms with E-state index in [0.29, 0.717) is 17.9 Å². The van der Waals surface area contributed by atoms with Crippen LogP contribution in [0.5, 0.6) is 5.75 Å². The van der Waals surface area contributed by atoms with Crippen molar-refractivity contribution in [2.24, 2.45) is 0 Å². The number of H-pyrrole nitrogens is 1. The Labute approximate surface area is 146 Å². The zero-order valence-corrected chi connectivity index (χ0v) is 14.7. The van der Waals surface area contributed by atoms with Crippen molar-refractivity contribution >= 4 is 0 Å². The molecule has 0 amide bonds. The van der Waals surface area contributed by atoms with E-state index in [1.165, 1.54) is 6.07 Å². The van der Waals surface area contributed by atoms with Crippen molar-refractivity contribution in [3.63, 3.8) is 0 Å². The average molecular weight is 345 g/mol. The second-order valence-corrected chi connectivity index (χ2v) is 6.51. The Hall–Kier alpha value is -2.21. The zero-order valence-electron chi connectivity index (χ0n) is 14.7. The molecule has 6 heteroatoms. The number of halogens is 1. The Morgan fingerprint density at radius 2 is 2.24 bits per heavy atom. The van der Waals surface area contributed by atoms with E-state index in [9.17, 15) is 9.18 Å². The summed E-state index contributed by atoms with van der Waals surface area (Å²) >= 11 is 0. The standard InChI is InChI=1S/C19H24FN3O2/c1-3-15-10-18(24)22-19(21-15)13-5-4-8-23(11-13)12-14-9-16(25-2)6-7-17(14)20/h6-7,9-10,13H,3-5,8,11-12H2,1-2H3,(H,21,22,24)/t13-/m1/s1. The van der Waals surface area contributed by atoms with Gasteiger partial charge in [0, 0.05) is 36.3 Å². The minimum atomic E-state index is -0.220. The molecule has 0 saturated carbocycles. The van der Waals surface area contributed by atoms with E-state index < -0.39 is 0 Å². The van der Waals surface area contributed by atoms with E-state index in [4.69, 9.17) is 4.74 Å². The molecular weight excluding hydrogens is 321 g/mol. The Morgan fingerprint density at radius 1 is 1.40 bits per heavy atom. The van der Waals surface area contributed by atoms with Crippen molar-refractivity contribution in [2.45, 2.75) is 38.6 Å². The Bertz CT molecular complexity index is 790. The van der Waals surface area contributed by atoms with Crippen LogP contribution < -0.4 is 10.3 Å². The van der Waals surface area contributed by atoms with Crippen LogP contribution in [0, 0.1) is 5.82 Å². The first kappa shape index (κ1) is 17.6. The fourth-order valence-electron chi connectivity index (χ4n) is 3.37. The van der Waals surface area contributed by atoms with Crippen LogP contribution in [0.2, 0.25) is 0 Å². The van der Waals surface area contributed by atoms with Gasteiger partial charge in [-0.1, -0.05) is 6.92 Å². The van der Waals surface area contributed by atoms with Gasteiger partial charge in [0.2, 0.25) is 0 Å². The van der Waals surface area contributed by atoms with Crippen LogP contribution in [0.1, 0.15) is 42.8 Å². The molecular formula is C19H24FN3O2. The smallest absolute Gasteiger partial charge is 0.251 e. The minimum Gasteiger partial charge on any atom is -0.497 e. The summed E-state index contributed by atoms with van der Waals surface area (Å²) in [6, 6.07) is 6.37. The normalized spacial score (nSPS) is 18.3. The number of likely N-dealkylation sites (tertiary alicyclic amines) is 1. The predicted molar refractivity (Wildman–Crippen MR) is 94.4 cm³/mol. The molecule has 3 rings (SSSR count). The van der Waals surface area contributed by atoms with Crippen LogP contribution in [-0.2, 0) is 13.0 Å². The van der Waals surface area contributed by atoms with Gasteiger partial charge in [0.1, 0.15) is 17.4 Å². The highest BCUT2D eigenvalue weighted by Gasteiger charge is 2.24. The maximum atomic E-state index is 14.1. The van der Waals surface area contributed by atoms with Gasteiger partial charge in [-0.3, -0.25) is 9.69 Å². The summed E-state index contributed by atoms with van der Waals surface area (Å²) < 4.78 is 19.3. The van der Waals surface area contributed by atoms with Crippen LogP contribution >= 0.6 is 0 Å². The van der Waals surface area contributed by atoms with Gasteiger partial charge < -0.3 is 9.72 Å². The highest BCUT2D eigenvalue weighted by molar-refractivity contribution is 5.29. The van der Waals surface area contributed by atoms with Gasteiger partial charge in [-0.2, -0.15) is 0 Å². The predicted octanol–water partition coefficient (Wildman–Crippen LogP) is 2.86. The molecule has 1 aliphatic rings. The van der Waals surface area contributed by atoms with E-state index in [1.807, 2.05) is 6.92 Å². The van der Waals surface area contributed by atoms with Crippen molar-refractivity contribution in [1.29, 1.82) is 0 Å². The fraction of sp³-hybridized carbons (Fsp3) is 0.474. The number of aromatic nitrogens is 2. The largest absolute Gasteiger partial charge is 0.497 e. The lowest BCUT2D eigenvalue weighted by Gasteiger charge is -2.32. The third-order valence-corrected chi connectivity index (χ3v) is 4.71. The van der Waals surface area contributed by atoms with Crippen LogP contribution in [0.3, 0.4) is 0 Å². The zero-order chi connectivity index (χ0) is 17.8. The van der Waals surface area contributed by atoms with E-state index >= 15 is 0 Å². The van der Waals surface area contributed by atoms with Crippen molar-refractivity contribution in [2.75, 3.05) is 20.2 Å². The maximum Gasteiger partial charge on any atom is 0.251 e. The number of nitrogens with one attached hydrogen (secondary N) is 1. The maximum absolute atomic E-state index is 14.1. The SMILES string of the molecule is CCc1cc(=O)[nH]c([C@@H]2CCCN(Cc3cc(OC)ccc3F)C2)n1. The lowest BCUT2D eigenvalue weighted by molar-refractivity contribution is 0.194. The van der Waals surface area contributed by atoms with Crippen molar-refractivity contribution in [3.8, 4) is 5.75 Å². The number of nitrogens with zero attached hydrogens (tertiary/aromatic N) is 2. The molecule has 0 aliphatic carbocycles. The summed E-state index contributed by atoms with van der Waals surface area (Å²) in [7, 11) is 1.58. The van der Waals surface area contributed by atoms with E-state index in [0.717, 1.165) is 43.9 Å². The molecule has 0 bridgehead atoms. The molecule has 0 unspecified atom stereocenters. The minimum absolute atomic E-state index is 0.0992. The second kappa shape index (κ2) is 7.78. The number of rotatable bonds is 5. The molecule has 1 aromatic heterocycles. The Kier molecular flexibility index (Phi) is 5.48. The third-order valence-electron chi connectivity index (χ3n) is 4.71. The van der Waals surface area contributed by atoms with Gasteiger partial charge in [0.25, 0.3) is 5.56 Å². The van der Waals surface area contributed by atoms with Crippen molar-refractivity contribution in [1.82, 2.24) is 14.9 Å². The summed E-state index contributed by atoms with van der Waals surface area (Å²) in [5, 5.41) is 0. The molecule has 5 nitrogen and oxygen atoms in total. The van der Waals surface area contributed by atoms with Gasteiger partial charge in [-0.15, -0.1) is 0 Å². The summed E-state index contributed by atoms with van der Waals surface area (Å²) in [6.45, 7) is 4.18. The monoisotopic (exact) mass is 345 g/mol. The molecule has 1 saturated heterocycles. The van der Waals surface area contributed by atoms with Crippen LogP contribution in [0.4, 0.5) is 4.39 Å². The topological polar surface area (TPSA) is 58.2 Å². The van der Waals surface area contributed by atoms with E-state index in [-0.39, 0.29) is 17.3 Å². The van der Waals surface area contributed by atoms with Crippen molar-refractivity contribution in [3.05, 3.63) is 57.5 Å². The van der Waals surface area contributed by atoms with Crippen LogP contribution in [0.15, 0.2) is 29.1 Å². The van der Waals surface area contributed by atoms with E-state index in [2.05, 4.69) is 14.9 Å². The Balaban J connectivity index is 1.75. The van der Waals surface area contributed by atoms with Gasteiger partial charge in [-0.05, 0) is 44.0 Å². The summed E-state index contributed by atoms with van der Waals surface area (Å²) in [5.41, 5.74) is 1.34. The number of aromatic amines is 1. The first-order chi connectivity index (χ1) is 12.1. The molecule has 1 atom stereocenters. The average Bonchev–Trinajstić information content (AvgIpc) is 2.63. The first-order valence-corrected chi connectivity index (χ1v) is 8.74. The highest BCUT2D eigenvalue weighted by Crippen LogP contribution is 2.26. The van der Waals surface area contributed by atoms with Gasteiger partial charge >= 0.3 is 0 Å². The molecule has 2 heterocycles. The number of hydrogen-bond acceptors (Lipinski definition) is 4. The van der Waals surface area contributed by atoms with E-state index in [1.54, 1.807) is 25.3 Å². The Morgan fingerprint density at radius 3 is 3.00 bits per heavy atom. The number of aryl methyl sites for hydroxylation is 1. The molecule has 134 valence electrons. The van der Waals surface area contributed by atoms with Crippen LogP contribution in [0.25, 0.3) is 0 Å². The molecule has 25 heavy (non-hydrogen) atoms. The number of piperidine rings is 1. The summed E-state index contributed by atoms with van der Waals surface area (Å²) in [5.74, 6) is 1.36. The quantitative estimate of drug-likeness (QED) is 0.905. The number of hydrogen-bond donors (Lipinski definition) is 1. The van der Waals surface area contributed by atoms with Gasteiger partial charge in [-0.25, -0.2) is 9.37 Å². The van der Waals surface area contributed by atoms with Crippen LogP contribution in [-0.4, -0.2) is 35.1 Å². The fourth-order valence-corrected chi connectivity index (χ4v) is 3.37. The third kappa shape index (κ3) is 4.25. The summed E-state index contributed by atoms with van der Waals surface area (Å²) in [4.78, 5) is 21.5. The summed E-state index contributed by atoms with van der Waals surface area (Å²) in [6.07, 6.45) is 2.71. The highest BCUT2D eigenvalue weighted by atomic mass is 19.1. The molecule has 0 radical (unpaired) electrons. The number of ether oxygens (including phenoxy) is 1. The lowest BCUT2D eigenvalue weighted by Crippen LogP contribution is -2.35. The number of methoxy groups -OCH3 is 1. The molecule has 1 aliphatic heterocycles. The lowest BCUT2D eigenvalue weighted by atomic mass is 9.96. The first-order valence-electron chi connectivity index (χ1n) is 8.74. The molecule has 1 N–H and O–H groups in total. The molecule has 1 aromatic carbocycles. The second-order valence-electron chi connectivity index (χ2n) is 6.51. The number of benzene rings is 1. The van der Waals surface area contributed by atoms with Gasteiger partial charge in [0.15, 0.2) is 0 Å². The van der Waals surface area contributed by atoms with Crippen molar-refractivity contribution < 1.29 is 9.13 Å². The van der Waals surface area contributed by atoms with Gasteiger partial charge in [0.05, 0.1) is 7.11 Å². The molecule has 1 fully saturated rings. The molecule has 2 aromatic rings.